The molecule has 0 aliphatic rings. The van der Waals surface area contributed by atoms with E-state index in [2.05, 4.69) is 94.6 Å². The van der Waals surface area contributed by atoms with Crippen LogP contribution in [0.15, 0.2) is 85.5 Å². The van der Waals surface area contributed by atoms with E-state index in [1.165, 1.54) is 21.5 Å². The lowest BCUT2D eigenvalue weighted by atomic mass is 10.2. The van der Waals surface area contributed by atoms with Crippen molar-refractivity contribution in [3.05, 3.63) is 85.5 Å². The first-order valence-corrected chi connectivity index (χ1v) is 11.9. The van der Waals surface area contributed by atoms with Crippen LogP contribution >= 0.6 is 0 Å². The molecular formula is C21H22Cl2N2O8+2. The van der Waals surface area contributed by atoms with E-state index in [0.717, 1.165) is 19.5 Å². The van der Waals surface area contributed by atoms with Crippen molar-refractivity contribution in [3.8, 4) is 0 Å². The van der Waals surface area contributed by atoms with Crippen molar-refractivity contribution >= 4 is 21.5 Å². The minimum Gasteiger partial charge on any atom is -0.204 e. The second-order valence-electron chi connectivity index (χ2n) is 6.77. The highest BCUT2D eigenvalue weighted by Crippen LogP contribution is 2.10. The van der Waals surface area contributed by atoms with Crippen molar-refractivity contribution in [1.82, 2.24) is 0 Å². The van der Waals surface area contributed by atoms with Crippen LogP contribution in [0.2, 0.25) is 0 Å². The van der Waals surface area contributed by atoms with Gasteiger partial charge in [-0.15, -0.1) is 0 Å². The highest BCUT2D eigenvalue weighted by atomic mass is 35.7. The van der Waals surface area contributed by atoms with E-state index in [0.29, 0.717) is 0 Å². The molecule has 0 unspecified atom stereocenters. The Bertz CT molecular complexity index is 1060. The number of rotatable bonds is 4. The molecule has 0 saturated heterocycles. The monoisotopic (exact) mass is 500 g/mol. The standard InChI is InChI=1S/C21H20N2.2ClHO4/c1-3-8-20-16-22(14-10-18(20)6-1)12-5-13-23-15-11-19-7-2-4-9-21(19)17-23;2*2-1(3,4)5/h1-4,6-11,14-17H,5,12-13H2;2*(H,2,3,4,5)/q+2;;. The lowest BCUT2D eigenvalue weighted by Crippen LogP contribution is -2.58. The van der Waals surface area contributed by atoms with Crippen LogP contribution in [0, 0.1) is 20.5 Å². The molecule has 2 N–H and O–H groups in total. The maximum Gasteiger partial charge on any atom is 0.176 e. The summed E-state index contributed by atoms with van der Waals surface area (Å²) in [6, 6.07) is 21.4. The van der Waals surface area contributed by atoms with Gasteiger partial charge < -0.3 is 0 Å². The molecule has 0 saturated carbocycles. The van der Waals surface area contributed by atoms with Gasteiger partial charge in [0.1, 0.15) is 0 Å². The van der Waals surface area contributed by atoms with Gasteiger partial charge in [-0.25, -0.2) is 9.13 Å². The highest BCUT2D eigenvalue weighted by Gasteiger charge is 2.07. The molecule has 0 bridgehead atoms. The fourth-order valence-corrected chi connectivity index (χ4v) is 3.07. The van der Waals surface area contributed by atoms with E-state index >= 15 is 0 Å². The van der Waals surface area contributed by atoms with Crippen LogP contribution in [0.1, 0.15) is 6.42 Å². The second kappa shape index (κ2) is 12.1. The maximum absolute atomic E-state index is 8.60. The zero-order chi connectivity index (χ0) is 24.5. The van der Waals surface area contributed by atoms with Crippen molar-refractivity contribution < 1.29 is 66.9 Å². The highest BCUT2D eigenvalue weighted by molar-refractivity contribution is 5.80. The summed E-state index contributed by atoms with van der Waals surface area (Å²) in [5.74, 6) is 0. The first-order valence-electron chi connectivity index (χ1n) is 9.41. The Balaban J connectivity index is 0.000000327. The van der Waals surface area contributed by atoms with Gasteiger partial charge in [0.25, 0.3) is 0 Å². The Morgan fingerprint density at radius 1 is 0.545 bits per heavy atom. The molecule has 0 fully saturated rings. The van der Waals surface area contributed by atoms with Crippen molar-refractivity contribution in [2.75, 3.05) is 0 Å². The number of hydrogen-bond donors (Lipinski definition) is 2. The third kappa shape index (κ3) is 11.8. The van der Waals surface area contributed by atoms with Gasteiger partial charge in [0, 0.05) is 22.9 Å². The number of aromatic nitrogens is 2. The summed E-state index contributed by atoms with van der Waals surface area (Å²) in [6.45, 7) is 2.06. The molecule has 4 rings (SSSR count). The molecule has 33 heavy (non-hydrogen) atoms. The van der Waals surface area contributed by atoms with E-state index < -0.39 is 20.5 Å². The molecule has 2 aromatic heterocycles. The van der Waals surface area contributed by atoms with E-state index in [-0.39, 0.29) is 0 Å². The predicted octanol–water partition coefficient (Wildman–Crippen LogP) is -4.59. The lowest BCUT2D eigenvalue weighted by molar-refractivity contribution is -1.92. The van der Waals surface area contributed by atoms with Crippen LogP contribution in [0.4, 0.5) is 0 Å². The van der Waals surface area contributed by atoms with Gasteiger partial charge in [0.15, 0.2) is 37.9 Å². The largest absolute Gasteiger partial charge is 0.204 e. The molecule has 12 heteroatoms. The number of hydrogen-bond acceptors (Lipinski definition) is 8. The minimum atomic E-state index is -4.69. The quantitative estimate of drug-likeness (QED) is 0.262. The first-order chi connectivity index (χ1) is 15.4. The summed E-state index contributed by atoms with van der Waals surface area (Å²) >= 11 is 0. The van der Waals surface area contributed by atoms with Crippen molar-refractivity contribution in [1.29, 1.82) is 0 Å². The molecule has 2 heterocycles. The maximum atomic E-state index is 8.60. The predicted molar refractivity (Wildman–Crippen MR) is 97.3 cm³/mol. The van der Waals surface area contributed by atoms with Gasteiger partial charge >= 0.3 is 0 Å². The number of pyridine rings is 2. The van der Waals surface area contributed by atoms with E-state index in [9.17, 15) is 0 Å². The van der Waals surface area contributed by atoms with E-state index in [1.807, 2.05) is 0 Å². The molecule has 0 radical (unpaired) electrons. The minimum absolute atomic E-state index is 1.03. The molecule has 0 amide bonds. The Morgan fingerprint density at radius 3 is 1.18 bits per heavy atom. The number of halogens is 2. The van der Waals surface area contributed by atoms with Gasteiger partial charge in [0.2, 0.25) is 0 Å². The number of fused-ring (bicyclic) bond motifs is 2. The fraction of sp³-hybridized carbons (Fsp3) is 0.143. The Kier molecular flexibility index (Phi) is 9.83. The zero-order valence-electron chi connectivity index (χ0n) is 17.2. The van der Waals surface area contributed by atoms with Crippen molar-refractivity contribution in [2.24, 2.45) is 0 Å². The van der Waals surface area contributed by atoms with Gasteiger partial charge in [-0.2, -0.15) is 28.0 Å². The first kappa shape index (κ1) is 26.8. The zero-order valence-corrected chi connectivity index (χ0v) is 18.7. The van der Waals surface area contributed by atoms with Crippen LogP contribution in [0.3, 0.4) is 0 Å². The lowest BCUT2D eigenvalue weighted by Gasteiger charge is -2.03. The molecule has 0 aliphatic carbocycles. The van der Waals surface area contributed by atoms with Gasteiger partial charge in [-0.3, -0.25) is 0 Å². The topological polar surface area (TPSA) is 187 Å². The normalized spacial score (nSPS) is 11.4. The summed E-state index contributed by atoms with van der Waals surface area (Å²) in [7, 11) is -9.39. The SMILES string of the molecule is [O-][Cl+3]([O-])([O-])O.[O-][Cl+3]([O-])([O-])O.c1ccc2c[n+](CCC[n+]3ccc4ccccc4c3)ccc2c1. The van der Waals surface area contributed by atoms with Crippen molar-refractivity contribution in [2.45, 2.75) is 19.5 Å². The van der Waals surface area contributed by atoms with Gasteiger partial charge in [0.05, 0.1) is 36.2 Å². The molecule has 176 valence electrons. The summed E-state index contributed by atoms with van der Waals surface area (Å²) in [5, 5.41) is 5.20. The molecule has 0 spiro atoms. The smallest absolute Gasteiger partial charge is 0.176 e. The van der Waals surface area contributed by atoms with Crippen molar-refractivity contribution in [3.63, 3.8) is 0 Å². The summed E-state index contributed by atoms with van der Waals surface area (Å²) in [4.78, 5) is 0. The van der Waals surface area contributed by atoms with Crippen LogP contribution in [-0.4, -0.2) is 9.32 Å². The summed E-state index contributed by atoms with van der Waals surface area (Å²) in [6.07, 6.45) is 9.94. The third-order valence-electron chi connectivity index (χ3n) is 4.33. The Morgan fingerprint density at radius 2 is 0.848 bits per heavy atom. The van der Waals surface area contributed by atoms with E-state index in [4.69, 9.17) is 37.3 Å². The number of aryl methyl sites for hydroxylation is 2. The fourth-order valence-electron chi connectivity index (χ4n) is 3.07. The average molecular weight is 501 g/mol. The van der Waals surface area contributed by atoms with Gasteiger partial charge in [-0.05, 0) is 22.9 Å². The molecule has 0 atom stereocenters. The number of benzene rings is 2. The van der Waals surface area contributed by atoms with E-state index in [1.54, 1.807) is 0 Å². The third-order valence-corrected chi connectivity index (χ3v) is 4.33. The second-order valence-corrected chi connectivity index (χ2v) is 8.35. The van der Waals surface area contributed by atoms with Gasteiger partial charge in [-0.1, -0.05) is 36.4 Å². The van der Waals surface area contributed by atoms with Crippen LogP contribution in [-0.2, 0) is 13.1 Å². The number of nitrogens with zero attached hydrogens (tertiary/aromatic N) is 2. The average Bonchev–Trinajstić information content (AvgIpc) is 2.71. The molecule has 4 aromatic rings. The molecule has 10 nitrogen and oxygen atoms in total. The van der Waals surface area contributed by atoms with Crippen LogP contribution < -0.4 is 37.1 Å². The summed E-state index contributed by atoms with van der Waals surface area (Å²) < 4.78 is 70.0. The molecule has 2 aromatic carbocycles. The summed E-state index contributed by atoms with van der Waals surface area (Å²) in [5.41, 5.74) is 0. The molecular weight excluding hydrogens is 479 g/mol. The Hall–Kier alpha value is -2.48. The molecule has 0 aliphatic heterocycles. The van der Waals surface area contributed by atoms with Crippen LogP contribution in [0.5, 0.6) is 0 Å². The van der Waals surface area contributed by atoms with Crippen LogP contribution in [0.25, 0.3) is 21.5 Å². The Labute approximate surface area is 193 Å².